The van der Waals surface area contributed by atoms with Gasteiger partial charge in [-0.3, -0.25) is 0 Å². The third kappa shape index (κ3) is 22.9. The Hall–Kier alpha value is 0.604. The van der Waals surface area contributed by atoms with Crippen molar-refractivity contribution in [3.05, 3.63) is 0 Å². The van der Waals surface area contributed by atoms with Gasteiger partial charge in [0.1, 0.15) is 0 Å². The molecule has 3 N–H and O–H groups in total. The van der Waals surface area contributed by atoms with Crippen LogP contribution in [0.2, 0.25) is 5.39 Å². The summed E-state index contributed by atoms with van der Waals surface area (Å²) in [6.07, 6.45) is 5.31. The Morgan fingerprint density at radius 1 is 1.29 bits per heavy atom. The Bertz CT molecular complexity index is 147. The zero-order valence-electron chi connectivity index (χ0n) is 8.63. The maximum Gasteiger partial charge on any atom is 0.466 e. The molecule has 0 bridgehead atoms. The summed E-state index contributed by atoms with van der Waals surface area (Å²) in [4.78, 5) is 21.6. The molecule has 0 radical (unpaired) electrons. The first-order valence-electron chi connectivity index (χ1n) is 4.65. The largest absolute Gasteiger partial charge is 0.466 e. The standard InChI is InChI=1S/C8H17.Ni.H3O4P/c1-4-6-7-8(3)5-2;;1-5(2,3)4/h8H,3-7H2,1-2H3;;(H3,1,2,3,4). The van der Waals surface area contributed by atoms with Crippen LogP contribution in [0.5, 0.6) is 0 Å². The fourth-order valence-electron chi connectivity index (χ4n) is 0.853. The monoisotopic (exact) mass is 269 g/mol. The van der Waals surface area contributed by atoms with E-state index < -0.39 is 7.82 Å². The topological polar surface area (TPSA) is 77.8 Å². The molecule has 0 aliphatic heterocycles. The number of phosphoric acid groups is 1. The molecule has 0 aromatic carbocycles. The zero-order chi connectivity index (χ0) is 11.6. The van der Waals surface area contributed by atoms with E-state index in [-0.39, 0.29) is 0 Å². The molecule has 0 saturated carbocycles. The van der Waals surface area contributed by atoms with Crippen LogP contribution in [0.4, 0.5) is 0 Å². The second kappa shape index (κ2) is 10.1. The number of rotatable bonds is 5. The fraction of sp³-hybridized carbons (Fsp3) is 1.00. The fourth-order valence-corrected chi connectivity index (χ4v) is 1.34. The molecule has 14 heavy (non-hydrogen) atoms. The Labute approximate surface area is 93.7 Å². The molecule has 0 aliphatic carbocycles. The first-order valence-corrected chi connectivity index (χ1v) is 6.91. The van der Waals surface area contributed by atoms with Gasteiger partial charge in [-0.25, -0.2) is 4.57 Å². The van der Waals surface area contributed by atoms with Gasteiger partial charge in [-0.2, -0.15) is 0 Å². The van der Waals surface area contributed by atoms with Gasteiger partial charge in [0.2, 0.25) is 0 Å². The van der Waals surface area contributed by atoms with E-state index in [4.69, 9.17) is 34.7 Å². The van der Waals surface area contributed by atoms with Crippen LogP contribution in [0, 0.1) is 5.92 Å². The van der Waals surface area contributed by atoms with Crippen LogP contribution in [0.3, 0.4) is 0 Å². The smallest absolute Gasteiger partial charge is 0.303 e. The zero-order valence-corrected chi connectivity index (χ0v) is 10.5. The molecule has 4 nitrogen and oxygen atoms in total. The van der Waals surface area contributed by atoms with Crippen molar-refractivity contribution in [3.8, 4) is 0 Å². The van der Waals surface area contributed by atoms with E-state index in [1.165, 1.54) is 25.7 Å². The average molecular weight is 270 g/mol. The minimum atomic E-state index is -4.64. The Morgan fingerprint density at radius 2 is 1.71 bits per heavy atom. The Morgan fingerprint density at radius 3 is 1.93 bits per heavy atom. The summed E-state index contributed by atoms with van der Waals surface area (Å²) >= 11 is 4.72. The van der Waals surface area contributed by atoms with E-state index in [1.807, 2.05) is 0 Å². The van der Waals surface area contributed by atoms with Crippen molar-refractivity contribution in [2.24, 2.45) is 5.92 Å². The third-order valence-electron chi connectivity index (χ3n) is 1.73. The first kappa shape index (κ1) is 17.0. The maximum absolute atomic E-state index is 8.88. The van der Waals surface area contributed by atoms with Gasteiger partial charge in [-0.15, -0.1) is 0 Å². The van der Waals surface area contributed by atoms with E-state index in [9.17, 15) is 0 Å². The molecule has 6 heteroatoms. The molecule has 0 aromatic heterocycles. The van der Waals surface area contributed by atoms with E-state index in [1.54, 1.807) is 0 Å². The summed E-state index contributed by atoms with van der Waals surface area (Å²) in [6, 6.07) is 0. The average Bonchev–Trinajstić information content (AvgIpc) is 2.04. The molecule has 0 aliphatic rings. The predicted octanol–water partition coefficient (Wildman–Crippen LogP) is 2.24. The quantitative estimate of drug-likeness (QED) is 0.528. The van der Waals surface area contributed by atoms with Crippen molar-refractivity contribution in [3.63, 3.8) is 0 Å². The van der Waals surface area contributed by atoms with Crippen molar-refractivity contribution in [1.82, 2.24) is 0 Å². The van der Waals surface area contributed by atoms with Crippen LogP contribution >= 0.6 is 7.82 Å². The van der Waals surface area contributed by atoms with Gasteiger partial charge in [0, 0.05) is 0 Å². The molecular formula is C8H20NiO4P. The Balaban J connectivity index is 0. The van der Waals surface area contributed by atoms with Crippen LogP contribution in [0.1, 0.15) is 39.5 Å². The van der Waals surface area contributed by atoms with Gasteiger partial charge < -0.3 is 14.7 Å². The second-order valence-electron chi connectivity index (χ2n) is 3.06. The van der Waals surface area contributed by atoms with Crippen molar-refractivity contribution in [2.45, 2.75) is 44.9 Å². The van der Waals surface area contributed by atoms with Gasteiger partial charge in [-0.05, 0) is 0 Å². The van der Waals surface area contributed by atoms with Gasteiger partial charge in [0.05, 0.1) is 0 Å². The van der Waals surface area contributed by atoms with Crippen LogP contribution in [0.25, 0.3) is 0 Å². The van der Waals surface area contributed by atoms with Crippen molar-refractivity contribution < 1.29 is 34.7 Å². The molecule has 1 unspecified atom stereocenters. The summed E-state index contributed by atoms with van der Waals surface area (Å²) < 4.78 is 8.88. The molecule has 0 aromatic rings. The van der Waals surface area contributed by atoms with Crippen molar-refractivity contribution in [1.29, 1.82) is 0 Å². The summed E-state index contributed by atoms with van der Waals surface area (Å²) in [7, 11) is -4.64. The molecule has 1 atom stereocenters. The summed E-state index contributed by atoms with van der Waals surface area (Å²) in [6.45, 7) is 4.47. The molecule has 0 saturated heterocycles. The molecular weight excluding hydrogens is 250 g/mol. The van der Waals surface area contributed by atoms with Gasteiger partial charge in [0.15, 0.2) is 0 Å². The maximum atomic E-state index is 8.88. The summed E-state index contributed by atoms with van der Waals surface area (Å²) in [5, 5.41) is 0.997. The molecule has 91 valence electrons. The summed E-state index contributed by atoms with van der Waals surface area (Å²) in [5.74, 6) is 0.838. The van der Waals surface area contributed by atoms with E-state index in [0.29, 0.717) is 0 Å². The van der Waals surface area contributed by atoms with Crippen LogP contribution in [-0.2, 0) is 20.0 Å². The minimum Gasteiger partial charge on any atom is -0.303 e. The van der Waals surface area contributed by atoms with E-state index in [2.05, 4.69) is 13.8 Å². The van der Waals surface area contributed by atoms with Gasteiger partial charge >= 0.3 is 74.1 Å². The first-order chi connectivity index (χ1) is 6.35. The van der Waals surface area contributed by atoms with Crippen molar-refractivity contribution >= 4 is 7.82 Å². The van der Waals surface area contributed by atoms with Gasteiger partial charge in [0.25, 0.3) is 0 Å². The van der Waals surface area contributed by atoms with E-state index in [0.717, 1.165) is 11.3 Å². The molecule has 0 heterocycles. The van der Waals surface area contributed by atoms with Crippen LogP contribution in [0.15, 0.2) is 0 Å². The predicted molar refractivity (Wildman–Crippen MR) is 52.4 cm³/mol. The Kier molecular flexibility index (Phi) is 12.3. The molecule has 0 rings (SSSR count). The minimum absolute atomic E-state index is 0.838. The molecule has 0 fully saturated rings. The third-order valence-corrected chi connectivity index (χ3v) is 2.30. The van der Waals surface area contributed by atoms with Crippen LogP contribution < -0.4 is 0 Å². The van der Waals surface area contributed by atoms with Crippen LogP contribution in [-0.4, -0.2) is 14.7 Å². The summed E-state index contributed by atoms with van der Waals surface area (Å²) in [5.41, 5.74) is 0. The molecule has 0 spiro atoms. The molecule has 0 amide bonds. The second-order valence-corrected chi connectivity index (χ2v) is 4.49. The van der Waals surface area contributed by atoms with Crippen molar-refractivity contribution in [2.75, 3.05) is 0 Å². The number of hydrogen-bond donors (Lipinski definition) is 3. The number of hydrogen-bond acceptors (Lipinski definition) is 1. The normalized spacial score (nSPS) is 13.1. The SMILES string of the molecule is CCCCC(CC)[CH2][Ni].O=P(O)(O)O. The van der Waals surface area contributed by atoms with E-state index >= 15 is 0 Å². The number of unbranched alkanes of at least 4 members (excludes halogenated alkanes) is 1. The van der Waals surface area contributed by atoms with Gasteiger partial charge in [-0.1, -0.05) is 0 Å².